The number of nitrogens with one attached hydrogen (secondary N) is 1. The molecule has 0 aliphatic heterocycles. The largest absolute Gasteiger partial charge is 0.305 e. The number of aromatic nitrogens is 5. The highest BCUT2D eigenvalue weighted by atomic mass is 16.1. The van der Waals surface area contributed by atoms with Gasteiger partial charge in [0, 0.05) is 24.2 Å². The van der Waals surface area contributed by atoms with Crippen molar-refractivity contribution in [1.82, 2.24) is 24.3 Å². The van der Waals surface area contributed by atoms with E-state index in [-0.39, 0.29) is 23.1 Å². The van der Waals surface area contributed by atoms with E-state index < -0.39 is 0 Å². The van der Waals surface area contributed by atoms with E-state index in [0.29, 0.717) is 16.6 Å². The monoisotopic (exact) mass is 347 g/mol. The summed E-state index contributed by atoms with van der Waals surface area (Å²) < 4.78 is 2.90. The molecule has 4 rings (SSSR count). The van der Waals surface area contributed by atoms with Gasteiger partial charge >= 0.3 is 0 Å². The molecule has 26 heavy (non-hydrogen) atoms. The minimum atomic E-state index is -0.280. The van der Waals surface area contributed by atoms with E-state index in [4.69, 9.17) is 0 Å². The molecule has 7 heteroatoms. The van der Waals surface area contributed by atoms with Crippen LogP contribution in [0.1, 0.15) is 24.2 Å². The van der Waals surface area contributed by atoms with Crippen LogP contribution in [-0.4, -0.2) is 24.3 Å². The Morgan fingerprint density at radius 2 is 1.73 bits per heavy atom. The molecule has 0 saturated carbocycles. The van der Waals surface area contributed by atoms with Crippen molar-refractivity contribution in [2.45, 2.75) is 19.9 Å². The Morgan fingerprint density at radius 3 is 2.42 bits per heavy atom. The lowest BCUT2D eigenvalue weighted by molar-refractivity contribution is 0.602. The number of H-pyrrole nitrogens is 1. The van der Waals surface area contributed by atoms with Crippen LogP contribution in [0.3, 0.4) is 0 Å². The summed E-state index contributed by atoms with van der Waals surface area (Å²) in [4.78, 5) is 33.8. The van der Waals surface area contributed by atoms with Gasteiger partial charge in [0.05, 0.1) is 16.9 Å². The second-order valence-corrected chi connectivity index (χ2v) is 6.11. The van der Waals surface area contributed by atoms with E-state index in [1.165, 1.54) is 10.7 Å². The lowest BCUT2D eigenvalue weighted by Crippen LogP contribution is -2.26. The SMILES string of the molecule is Cc1c2c(=O)n(-c3ncccn3)[nH]c2cc(=O)n1C(C)c1ccccc1. The maximum absolute atomic E-state index is 12.9. The van der Waals surface area contributed by atoms with Crippen molar-refractivity contribution < 1.29 is 0 Å². The second kappa shape index (κ2) is 6.11. The predicted molar refractivity (Wildman–Crippen MR) is 98.7 cm³/mol. The summed E-state index contributed by atoms with van der Waals surface area (Å²) in [6.07, 6.45) is 3.12. The summed E-state index contributed by atoms with van der Waals surface area (Å²) in [5.41, 5.74) is 1.63. The van der Waals surface area contributed by atoms with Gasteiger partial charge < -0.3 is 4.57 Å². The highest BCUT2D eigenvalue weighted by molar-refractivity contribution is 5.80. The molecule has 1 N–H and O–H groups in total. The van der Waals surface area contributed by atoms with Crippen LogP contribution in [0.5, 0.6) is 0 Å². The molecule has 0 fully saturated rings. The summed E-state index contributed by atoms with van der Waals surface area (Å²) in [6.45, 7) is 3.73. The first-order valence-corrected chi connectivity index (χ1v) is 8.27. The van der Waals surface area contributed by atoms with Crippen LogP contribution in [0, 0.1) is 6.92 Å². The number of benzene rings is 1. The lowest BCUT2D eigenvalue weighted by Gasteiger charge is -2.18. The predicted octanol–water partition coefficient (Wildman–Crippen LogP) is 2.19. The Balaban J connectivity index is 1.96. The molecule has 0 spiro atoms. The number of aryl methyl sites for hydroxylation is 1. The van der Waals surface area contributed by atoms with Gasteiger partial charge in [0.15, 0.2) is 0 Å². The number of hydrogen-bond donors (Lipinski definition) is 1. The van der Waals surface area contributed by atoms with E-state index in [2.05, 4.69) is 15.1 Å². The van der Waals surface area contributed by atoms with Crippen molar-refractivity contribution in [2.24, 2.45) is 0 Å². The Morgan fingerprint density at radius 1 is 1.04 bits per heavy atom. The average Bonchev–Trinajstić information content (AvgIpc) is 2.99. The first-order valence-electron chi connectivity index (χ1n) is 8.27. The van der Waals surface area contributed by atoms with Crippen LogP contribution in [0.25, 0.3) is 16.9 Å². The first kappa shape index (κ1) is 16.0. The molecule has 0 aliphatic carbocycles. The van der Waals surface area contributed by atoms with Crippen LogP contribution in [-0.2, 0) is 0 Å². The average molecular weight is 347 g/mol. The van der Waals surface area contributed by atoms with Gasteiger partial charge in [0.1, 0.15) is 0 Å². The van der Waals surface area contributed by atoms with Crippen LogP contribution < -0.4 is 11.1 Å². The molecule has 130 valence electrons. The van der Waals surface area contributed by atoms with E-state index in [0.717, 1.165) is 5.56 Å². The number of fused-ring (bicyclic) bond motifs is 1. The van der Waals surface area contributed by atoms with E-state index in [9.17, 15) is 9.59 Å². The molecule has 7 nitrogen and oxygen atoms in total. The summed E-state index contributed by atoms with van der Waals surface area (Å²) in [6, 6.07) is 12.7. The van der Waals surface area contributed by atoms with E-state index in [1.807, 2.05) is 37.3 Å². The highest BCUT2D eigenvalue weighted by Gasteiger charge is 2.19. The molecule has 1 aromatic carbocycles. The zero-order valence-electron chi connectivity index (χ0n) is 14.4. The highest BCUT2D eigenvalue weighted by Crippen LogP contribution is 2.20. The van der Waals surface area contributed by atoms with Gasteiger partial charge in [-0.15, -0.1) is 0 Å². The van der Waals surface area contributed by atoms with Gasteiger partial charge in [-0.1, -0.05) is 30.3 Å². The molecular weight excluding hydrogens is 330 g/mol. The number of pyridine rings is 1. The topological polar surface area (TPSA) is 85.6 Å². The van der Waals surface area contributed by atoms with Gasteiger partial charge in [-0.2, -0.15) is 4.68 Å². The standard InChI is InChI=1S/C19H17N5O2/c1-12(14-7-4-3-5-8-14)23-13(2)17-15(11-16(23)25)22-24(18(17)26)19-20-9-6-10-21-19/h3-12,22H,1-2H3. The first-order chi connectivity index (χ1) is 12.6. The molecule has 3 aromatic heterocycles. The molecule has 4 aromatic rings. The van der Waals surface area contributed by atoms with Crippen molar-refractivity contribution in [1.29, 1.82) is 0 Å². The Kier molecular flexibility index (Phi) is 3.76. The fourth-order valence-electron chi connectivity index (χ4n) is 3.30. The molecule has 0 saturated heterocycles. The fourth-order valence-corrected chi connectivity index (χ4v) is 3.30. The Labute approximate surface area is 148 Å². The summed E-state index contributed by atoms with van der Waals surface area (Å²) in [5, 5.41) is 3.39. The Hall–Kier alpha value is -3.48. The zero-order chi connectivity index (χ0) is 18.3. The third-order valence-electron chi connectivity index (χ3n) is 4.57. The van der Waals surface area contributed by atoms with Crippen LogP contribution >= 0.6 is 0 Å². The molecule has 0 radical (unpaired) electrons. The molecular formula is C19H17N5O2. The fraction of sp³-hybridized carbons (Fsp3) is 0.158. The Bertz CT molecular complexity index is 1190. The van der Waals surface area contributed by atoms with Crippen molar-refractivity contribution in [3.63, 3.8) is 0 Å². The molecule has 1 unspecified atom stereocenters. The van der Waals surface area contributed by atoms with Gasteiger partial charge in [-0.05, 0) is 25.5 Å². The van der Waals surface area contributed by atoms with E-state index in [1.54, 1.807) is 30.0 Å². The maximum atomic E-state index is 12.9. The number of hydrogen-bond acceptors (Lipinski definition) is 4. The number of nitrogens with zero attached hydrogens (tertiary/aromatic N) is 4. The molecule has 0 aliphatic rings. The van der Waals surface area contributed by atoms with Crippen molar-refractivity contribution in [2.75, 3.05) is 0 Å². The summed E-state index contributed by atoms with van der Waals surface area (Å²) in [7, 11) is 0. The third-order valence-corrected chi connectivity index (χ3v) is 4.57. The molecule has 0 bridgehead atoms. The molecule has 3 heterocycles. The maximum Gasteiger partial charge on any atom is 0.283 e. The number of rotatable bonds is 3. The van der Waals surface area contributed by atoms with Gasteiger partial charge in [-0.3, -0.25) is 14.7 Å². The van der Waals surface area contributed by atoms with Crippen LogP contribution in [0.15, 0.2) is 64.4 Å². The minimum absolute atomic E-state index is 0.172. The summed E-state index contributed by atoms with van der Waals surface area (Å²) >= 11 is 0. The van der Waals surface area contributed by atoms with Gasteiger partial charge in [0.2, 0.25) is 0 Å². The smallest absolute Gasteiger partial charge is 0.283 e. The van der Waals surface area contributed by atoms with Gasteiger partial charge in [0.25, 0.3) is 17.1 Å². The second-order valence-electron chi connectivity index (χ2n) is 6.11. The van der Waals surface area contributed by atoms with Crippen LogP contribution in [0.4, 0.5) is 0 Å². The van der Waals surface area contributed by atoms with Crippen molar-refractivity contribution in [3.8, 4) is 5.95 Å². The zero-order valence-corrected chi connectivity index (χ0v) is 14.4. The molecule has 0 amide bonds. The summed E-state index contributed by atoms with van der Waals surface area (Å²) in [5.74, 6) is 0.239. The third kappa shape index (κ3) is 2.45. The van der Waals surface area contributed by atoms with Crippen LogP contribution in [0.2, 0.25) is 0 Å². The van der Waals surface area contributed by atoms with Crippen molar-refractivity contribution >= 4 is 10.9 Å². The quantitative estimate of drug-likeness (QED) is 0.615. The van der Waals surface area contributed by atoms with Crippen molar-refractivity contribution in [3.05, 3.63) is 86.8 Å². The molecule has 1 atom stereocenters. The lowest BCUT2D eigenvalue weighted by atomic mass is 10.1. The van der Waals surface area contributed by atoms with E-state index >= 15 is 0 Å². The normalized spacial score (nSPS) is 12.4. The van der Waals surface area contributed by atoms with Gasteiger partial charge in [-0.25, -0.2) is 9.97 Å². The number of aromatic amines is 1. The minimum Gasteiger partial charge on any atom is -0.305 e.